The van der Waals surface area contributed by atoms with Crippen molar-refractivity contribution >= 4 is 33.4 Å². The number of amides is 2. The zero-order chi connectivity index (χ0) is 22.6. The molecule has 0 saturated carbocycles. The number of carbonyl (C=O) groups is 2. The van der Waals surface area contributed by atoms with Crippen molar-refractivity contribution in [2.75, 3.05) is 23.1 Å². The van der Waals surface area contributed by atoms with Gasteiger partial charge in [0.05, 0.1) is 10.5 Å². The number of sulfonamides is 1. The monoisotopic (exact) mass is 445 g/mol. The molecule has 1 fully saturated rings. The normalized spacial score (nSPS) is 14.6. The van der Waals surface area contributed by atoms with Crippen molar-refractivity contribution < 1.29 is 23.1 Å². The molecule has 0 bridgehead atoms. The molecule has 0 atom stereocenters. The SMILES string of the molecule is Cc1cc(C(=O)O)cc(S(=O)(=O)Nc2ccc(NC(=O)N3CCCCCC3)cc2)c1C. The van der Waals surface area contributed by atoms with Gasteiger partial charge in [0.1, 0.15) is 0 Å². The molecule has 0 unspecified atom stereocenters. The molecule has 166 valence electrons. The van der Waals surface area contributed by atoms with Crippen LogP contribution >= 0.6 is 0 Å². The standard InChI is InChI=1S/C22H27N3O5S/c1-15-13-17(21(26)27)14-20(16(15)2)31(29,30)24-19-9-7-18(8-10-19)23-22(28)25-11-5-3-4-6-12-25/h7-10,13-14,24H,3-6,11-12H2,1-2H3,(H,23,28)(H,26,27). The van der Waals surface area contributed by atoms with E-state index in [-0.39, 0.29) is 16.5 Å². The van der Waals surface area contributed by atoms with Gasteiger partial charge in [-0.15, -0.1) is 0 Å². The molecular formula is C22H27N3O5S. The number of rotatable bonds is 5. The third-order valence-corrected chi connectivity index (χ3v) is 6.95. The summed E-state index contributed by atoms with van der Waals surface area (Å²) in [6.07, 6.45) is 4.26. The summed E-state index contributed by atoms with van der Waals surface area (Å²) >= 11 is 0. The van der Waals surface area contributed by atoms with E-state index in [1.807, 2.05) is 0 Å². The average molecular weight is 446 g/mol. The number of carbonyl (C=O) groups excluding carboxylic acids is 1. The van der Waals surface area contributed by atoms with Gasteiger partial charge in [-0.3, -0.25) is 4.72 Å². The summed E-state index contributed by atoms with van der Waals surface area (Å²) in [6, 6.07) is 8.80. The summed E-state index contributed by atoms with van der Waals surface area (Å²) in [5.74, 6) is -1.19. The number of nitrogens with one attached hydrogen (secondary N) is 2. The number of anilines is 2. The maximum absolute atomic E-state index is 12.9. The molecule has 2 aromatic carbocycles. The van der Waals surface area contributed by atoms with Crippen molar-refractivity contribution in [3.05, 3.63) is 53.1 Å². The number of hydrogen-bond donors (Lipinski definition) is 3. The zero-order valence-corrected chi connectivity index (χ0v) is 18.5. The van der Waals surface area contributed by atoms with E-state index in [9.17, 15) is 23.1 Å². The van der Waals surface area contributed by atoms with Crippen molar-refractivity contribution in [2.24, 2.45) is 0 Å². The van der Waals surface area contributed by atoms with E-state index in [4.69, 9.17) is 0 Å². The van der Waals surface area contributed by atoms with Crippen LogP contribution in [0.1, 0.15) is 47.2 Å². The molecule has 1 heterocycles. The van der Waals surface area contributed by atoms with E-state index in [1.165, 1.54) is 6.07 Å². The fraction of sp³-hybridized carbons (Fsp3) is 0.364. The Balaban J connectivity index is 1.73. The molecule has 8 nitrogen and oxygen atoms in total. The summed E-state index contributed by atoms with van der Waals surface area (Å²) in [6.45, 7) is 4.77. The first-order chi connectivity index (χ1) is 14.7. The quantitative estimate of drug-likeness (QED) is 0.638. The highest BCUT2D eigenvalue weighted by Crippen LogP contribution is 2.24. The molecule has 3 N–H and O–H groups in total. The molecule has 0 spiro atoms. The van der Waals surface area contributed by atoms with Gasteiger partial charge in [-0.2, -0.15) is 0 Å². The van der Waals surface area contributed by atoms with Crippen molar-refractivity contribution in [3.63, 3.8) is 0 Å². The number of aryl methyl sites for hydroxylation is 1. The van der Waals surface area contributed by atoms with Crippen molar-refractivity contribution in [1.29, 1.82) is 0 Å². The topological polar surface area (TPSA) is 116 Å². The lowest BCUT2D eigenvalue weighted by Crippen LogP contribution is -2.35. The minimum Gasteiger partial charge on any atom is -0.478 e. The molecule has 0 aliphatic carbocycles. The highest BCUT2D eigenvalue weighted by molar-refractivity contribution is 7.92. The summed E-state index contributed by atoms with van der Waals surface area (Å²) in [5, 5.41) is 12.1. The van der Waals surface area contributed by atoms with Gasteiger partial charge in [0, 0.05) is 24.5 Å². The van der Waals surface area contributed by atoms with Gasteiger partial charge >= 0.3 is 12.0 Å². The number of carboxylic acid groups (broad SMARTS) is 1. The molecule has 9 heteroatoms. The Bertz CT molecular complexity index is 1070. The lowest BCUT2D eigenvalue weighted by Gasteiger charge is -2.21. The highest BCUT2D eigenvalue weighted by Gasteiger charge is 2.21. The third-order valence-electron chi connectivity index (χ3n) is 5.44. The van der Waals surface area contributed by atoms with Gasteiger partial charge < -0.3 is 15.3 Å². The van der Waals surface area contributed by atoms with Crippen molar-refractivity contribution in [1.82, 2.24) is 4.90 Å². The Morgan fingerprint density at radius 3 is 2.10 bits per heavy atom. The largest absolute Gasteiger partial charge is 0.478 e. The Morgan fingerprint density at radius 2 is 1.52 bits per heavy atom. The molecule has 31 heavy (non-hydrogen) atoms. The predicted molar refractivity (Wildman–Crippen MR) is 119 cm³/mol. The van der Waals surface area contributed by atoms with Gasteiger partial charge in [-0.05, 0) is 74.2 Å². The second-order valence-electron chi connectivity index (χ2n) is 7.74. The van der Waals surface area contributed by atoms with Crippen molar-refractivity contribution in [2.45, 2.75) is 44.4 Å². The minimum absolute atomic E-state index is 0.0801. The van der Waals surface area contributed by atoms with Crippen LogP contribution in [0, 0.1) is 13.8 Å². The van der Waals surface area contributed by atoms with Crippen LogP contribution in [0.25, 0.3) is 0 Å². The molecule has 0 aromatic heterocycles. The number of likely N-dealkylation sites (tertiary alicyclic amines) is 1. The van der Waals surface area contributed by atoms with Crippen molar-refractivity contribution in [3.8, 4) is 0 Å². The second-order valence-corrected chi connectivity index (χ2v) is 9.39. The fourth-order valence-corrected chi connectivity index (χ4v) is 4.94. The molecule has 3 rings (SSSR count). The van der Waals surface area contributed by atoms with Gasteiger partial charge in [-0.25, -0.2) is 18.0 Å². The first kappa shape index (κ1) is 22.6. The van der Waals surface area contributed by atoms with Crippen LogP contribution in [0.3, 0.4) is 0 Å². The summed E-state index contributed by atoms with van der Waals surface area (Å²) in [4.78, 5) is 25.5. The molecule has 1 aliphatic heterocycles. The van der Waals surface area contributed by atoms with E-state index < -0.39 is 16.0 Å². The summed E-state index contributed by atoms with van der Waals surface area (Å²) < 4.78 is 28.2. The molecular weight excluding hydrogens is 418 g/mol. The zero-order valence-electron chi connectivity index (χ0n) is 17.6. The van der Waals surface area contributed by atoms with Crippen LogP contribution in [-0.4, -0.2) is 43.5 Å². The number of aromatic carboxylic acids is 1. The first-order valence-corrected chi connectivity index (χ1v) is 11.7. The number of benzene rings is 2. The number of urea groups is 1. The van der Waals surface area contributed by atoms with E-state index >= 15 is 0 Å². The lowest BCUT2D eigenvalue weighted by molar-refractivity contribution is 0.0696. The van der Waals surface area contributed by atoms with E-state index in [0.717, 1.165) is 44.8 Å². The van der Waals surface area contributed by atoms with Crippen LogP contribution in [-0.2, 0) is 10.0 Å². The van der Waals surface area contributed by atoms with E-state index in [1.54, 1.807) is 43.0 Å². The average Bonchev–Trinajstić information content (AvgIpc) is 3.00. The van der Waals surface area contributed by atoms with Gasteiger partial charge in [0.2, 0.25) is 0 Å². The minimum atomic E-state index is -3.99. The van der Waals surface area contributed by atoms with Gasteiger partial charge in [-0.1, -0.05) is 12.8 Å². The van der Waals surface area contributed by atoms with E-state index in [0.29, 0.717) is 22.5 Å². The van der Waals surface area contributed by atoms with Crippen LogP contribution in [0.4, 0.5) is 16.2 Å². The van der Waals surface area contributed by atoms with Crippen LogP contribution < -0.4 is 10.0 Å². The smallest absolute Gasteiger partial charge is 0.335 e. The molecule has 1 aliphatic rings. The maximum Gasteiger partial charge on any atom is 0.335 e. The molecule has 0 radical (unpaired) electrons. The Kier molecular flexibility index (Phi) is 6.84. The number of carboxylic acids is 1. The summed E-state index contributed by atoms with van der Waals surface area (Å²) in [7, 11) is -3.99. The maximum atomic E-state index is 12.9. The van der Waals surface area contributed by atoms with E-state index in [2.05, 4.69) is 10.0 Å². The third kappa shape index (κ3) is 5.55. The van der Waals surface area contributed by atoms with Crippen LogP contribution in [0.15, 0.2) is 41.3 Å². The Morgan fingerprint density at radius 1 is 0.935 bits per heavy atom. The molecule has 2 amide bonds. The molecule has 1 saturated heterocycles. The number of hydrogen-bond acceptors (Lipinski definition) is 4. The summed E-state index contributed by atoms with van der Waals surface area (Å²) in [5.41, 5.74) is 1.85. The van der Waals surface area contributed by atoms with Gasteiger partial charge in [0.25, 0.3) is 10.0 Å². The Hall–Kier alpha value is -3.07. The second kappa shape index (κ2) is 9.38. The van der Waals surface area contributed by atoms with Crippen LogP contribution in [0.5, 0.6) is 0 Å². The van der Waals surface area contributed by atoms with Gasteiger partial charge in [0.15, 0.2) is 0 Å². The predicted octanol–water partition coefficient (Wildman–Crippen LogP) is 4.21. The molecule has 2 aromatic rings. The Labute approximate surface area is 182 Å². The number of nitrogens with zero attached hydrogens (tertiary/aromatic N) is 1. The highest BCUT2D eigenvalue weighted by atomic mass is 32.2. The fourth-order valence-electron chi connectivity index (χ4n) is 3.54. The first-order valence-electron chi connectivity index (χ1n) is 10.2. The lowest BCUT2D eigenvalue weighted by atomic mass is 10.1. The van der Waals surface area contributed by atoms with Crippen LogP contribution in [0.2, 0.25) is 0 Å².